The standard InChI is InChI=1S/C25H29N3O2/c1-2-3-17-30-25(29)28-15-13-22(14-16-28)24-26-18-23(27-24)21-11-9-20(10-12-21)19-7-5-4-6-8-19/h4-12,18,22H,2-3,13-17H2,1H3,(H,26,27). The normalized spacial score (nSPS) is 14.6. The first kappa shape index (κ1) is 20.2. The smallest absolute Gasteiger partial charge is 0.409 e. The Morgan fingerprint density at radius 1 is 1.03 bits per heavy atom. The van der Waals surface area contributed by atoms with Crippen LogP contribution >= 0.6 is 0 Å². The zero-order chi connectivity index (χ0) is 20.8. The Kier molecular flexibility index (Phi) is 6.47. The third-order valence-electron chi connectivity index (χ3n) is 5.75. The van der Waals surface area contributed by atoms with Crippen molar-refractivity contribution in [2.24, 2.45) is 0 Å². The quantitative estimate of drug-likeness (QED) is 0.525. The molecule has 2 heterocycles. The number of H-pyrrole nitrogens is 1. The fraction of sp³-hybridized carbons (Fsp3) is 0.360. The molecule has 0 atom stereocenters. The van der Waals surface area contributed by atoms with Crippen LogP contribution in [0.15, 0.2) is 60.8 Å². The molecule has 1 N–H and O–H groups in total. The van der Waals surface area contributed by atoms with Crippen LogP contribution < -0.4 is 0 Å². The van der Waals surface area contributed by atoms with E-state index >= 15 is 0 Å². The monoisotopic (exact) mass is 403 g/mol. The maximum Gasteiger partial charge on any atom is 0.409 e. The number of imidazole rings is 1. The lowest BCUT2D eigenvalue weighted by Gasteiger charge is -2.30. The predicted octanol–water partition coefficient (Wildman–Crippen LogP) is 5.86. The molecule has 1 amide bonds. The number of unbranched alkanes of at least 4 members (excludes halogenated alkanes) is 1. The van der Waals surface area contributed by atoms with Crippen LogP contribution in [0.3, 0.4) is 0 Å². The van der Waals surface area contributed by atoms with E-state index in [-0.39, 0.29) is 6.09 Å². The second kappa shape index (κ2) is 9.61. The molecule has 1 aromatic heterocycles. The minimum atomic E-state index is -0.180. The maximum atomic E-state index is 12.1. The highest BCUT2D eigenvalue weighted by molar-refractivity contribution is 5.69. The number of nitrogens with zero attached hydrogens (tertiary/aromatic N) is 2. The van der Waals surface area contributed by atoms with E-state index < -0.39 is 0 Å². The van der Waals surface area contributed by atoms with E-state index in [1.54, 1.807) is 0 Å². The summed E-state index contributed by atoms with van der Waals surface area (Å²) in [7, 11) is 0. The van der Waals surface area contributed by atoms with E-state index in [0.717, 1.165) is 55.9 Å². The van der Waals surface area contributed by atoms with Crippen LogP contribution in [0.5, 0.6) is 0 Å². The summed E-state index contributed by atoms with van der Waals surface area (Å²) in [5, 5.41) is 0. The van der Waals surface area contributed by atoms with Crippen molar-refractivity contribution >= 4 is 6.09 Å². The van der Waals surface area contributed by atoms with Crippen molar-refractivity contribution < 1.29 is 9.53 Å². The van der Waals surface area contributed by atoms with Gasteiger partial charge in [-0.15, -0.1) is 0 Å². The number of likely N-dealkylation sites (tertiary alicyclic amines) is 1. The summed E-state index contributed by atoms with van der Waals surface area (Å²) in [6, 6.07) is 18.9. The highest BCUT2D eigenvalue weighted by Crippen LogP contribution is 2.29. The van der Waals surface area contributed by atoms with Crippen molar-refractivity contribution in [1.29, 1.82) is 0 Å². The Morgan fingerprint density at radius 3 is 2.40 bits per heavy atom. The third-order valence-corrected chi connectivity index (χ3v) is 5.75. The van der Waals surface area contributed by atoms with Crippen molar-refractivity contribution in [1.82, 2.24) is 14.9 Å². The average molecular weight is 404 g/mol. The number of aromatic nitrogens is 2. The van der Waals surface area contributed by atoms with Gasteiger partial charge in [0.1, 0.15) is 5.82 Å². The van der Waals surface area contributed by atoms with Crippen LogP contribution in [0, 0.1) is 0 Å². The molecule has 4 rings (SSSR count). The van der Waals surface area contributed by atoms with Gasteiger partial charge in [-0.1, -0.05) is 67.9 Å². The number of aromatic amines is 1. The van der Waals surface area contributed by atoms with Crippen molar-refractivity contribution in [3.05, 3.63) is 66.6 Å². The first-order valence-corrected chi connectivity index (χ1v) is 10.9. The summed E-state index contributed by atoms with van der Waals surface area (Å²) in [6.45, 7) is 4.04. The lowest BCUT2D eigenvalue weighted by Crippen LogP contribution is -2.38. The second-order valence-corrected chi connectivity index (χ2v) is 7.84. The molecule has 0 radical (unpaired) electrons. The number of amides is 1. The van der Waals surface area contributed by atoms with Gasteiger partial charge in [0.05, 0.1) is 12.3 Å². The lowest BCUT2D eigenvalue weighted by molar-refractivity contribution is 0.0912. The Bertz CT molecular complexity index is 942. The topological polar surface area (TPSA) is 58.2 Å². The first-order valence-electron chi connectivity index (χ1n) is 10.9. The van der Waals surface area contributed by atoms with Gasteiger partial charge >= 0.3 is 6.09 Å². The van der Waals surface area contributed by atoms with Gasteiger partial charge in [-0.3, -0.25) is 0 Å². The Balaban J connectivity index is 1.35. The third kappa shape index (κ3) is 4.73. The van der Waals surface area contributed by atoms with Crippen LogP contribution in [0.4, 0.5) is 4.79 Å². The molecular weight excluding hydrogens is 374 g/mol. The zero-order valence-electron chi connectivity index (χ0n) is 17.5. The van der Waals surface area contributed by atoms with Crippen LogP contribution in [-0.4, -0.2) is 40.7 Å². The fourth-order valence-corrected chi connectivity index (χ4v) is 3.89. The summed E-state index contributed by atoms with van der Waals surface area (Å²) in [4.78, 5) is 22.1. The Labute approximate surface area is 178 Å². The van der Waals surface area contributed by atoms with Gasteiger partial charge in [0.15, 0.2) is 0 Å². The minimum Gasteiger partial charge on any atom is -0.449 e. The molecule has 1 aliphatic heterocycles. The van der Waals surface area contributed by atoms with Gasteiger partial charge in [-0.05, 0) is 30.4 Å². The maximum absolute atomic E-state index is 12.1. The van der Waals surface area contributed by atoms with Gasteiger partial charge in [-0.25, -0.2) is 9.78 Å². The second-order valence-electron chi connectivity index (χ2n) is 7.84. The number of nitrogens with one attached hydrogen (secondary N) is 1. The Hall–Kier alpha value is -3.08. The molecule has 5 heteroatoms. The number of carbonyl (C=O) groups is 1. The molecular formula is C25H29N3O2. The van der Waals surface area contributed by atoms with Crippen molar-refractivity contribution in [2.75, 3.05) is 19.7 Å². The molecule has 3 aromatic rings. The van der Waals surface area contributed by atoms with E-state index in [9.17, 15) is 4.79 Å². The first-order chi connectivity index (χ1) is 14.7. The highest BCUT2D eigenvalue weighted by atomic mass is 16.6. The molecule has 0 bridgehead atoms. The number of rotatable bonds is 6. The molecule has 1 fully saturated rings. The molecule has 1 aliphatic rings. The molecule has 0 aliphatic carbocycles. The van der Waals surface area contributed by atoms with Gasteiger partial charge in [0.25, 0.3) is 0 Å². The molecule has 0 spiro atoms. The average Bonchev–Trinajstić information content (AvgIpc) is 3.30. The molecule has 2 aromatic carbocycles. The highest BCUT2D eigenvalue weighted by Gasteiger charge is 2.26. The number of piperidine rings is 1. The predicted molar refractivity (Wildman–Crippen MR) is 119 cm³/mol. The van der Waals surface area contributed by atoms with Gasteiger partial charge < -0.3 is 14.6 Å². The largest absolute Gasteiger partial charge is 0.449 e. The van der Waals surface area contributed by atoms with Gasteiger partial charge in [-0.2, -0.15) is 0 Å². The summed E-state index contributed by atoms with van der Waals surface area (Å²) in [5.41, 5.74) is 4.49. The van der Waals surface area contributed by atoms with Crippen molar-refractivity contribution in [3.63, 3.8) is 0 Å². The number of benzene rings is 2. The van der Waals surface area contributed by atoms with Gasteiger partial charge in [0.2, 0.25) is 0 Å². The summed E-state index contributed by atoms with van der Waals surface area (Å²) in [6.07, 6.45) is 5.57. The van der Waals surface area contributed by atoms with Crippen molar-refractivity contribution in [2.45, 2.75) is 38.5 Å². The SMILES string of the molecule is CCCCOC(=O)N1CCC(c2nc(-c3ccc(-c4ccccc4)cc3)c[nH]2)CC1. The molecule has 156 valence electrons. The van der Waals surface area contributed by atoms with E-state index in [2.05, 4.69) is 60.4 Å². The number of carbonyl (C=O) groups excluding carboxylic acids is 1. The fourth-order valence-electron chi connectivity index (χ4n) is 3.89. The molecule has 0 saturated carbocycles. The lowest BCUT2D eigenvalue weighted by atomic mass is 9.96. The van der Waals surface area contributed by atoms with Gasteiger partial charge in [0, 0.05) is 30.8 Å². The van der Waals surface area contributed by atoms with Crippen LogP contribution in [0.1, 0.15) is 44.3 Å². The Morgan fingerprint density at radius 2 is 1.70 bits per heavy atom. The molecule has 0 unspecified atom stereocenters. The molecule has 30 heavy (non-hydrogen) atoms. The minimum absolute atomic E-state index is 0.180. The number of hydrogen-bond donors (Lipinski definition) is 1. The summed E-state index contributed by atoms with van der Waals surface area (Å²) >= 11 is 0. The van der Waals surface area contributed by atoms with Crippen molar-refractivity contribution in [3.8, 4) is 22.4 Å². The van der Waals surface area contributed by atoms with Crippen LogP contribution in [0.2, 0.25) is 0 Å². The van der Waals surface area contributed by atoms with E-state index in [0.29, 0.717) is 12.5 Å². The molecule has 1 saturated heterocycles. The summed E-state index contributed by atoms with van der Waals surface area (Å²) < 4.78 is 5.33. The number of ether oxygens (including phenoxy) is 1. The zero-order valence-corrected chi connectivity index (χ0v) is 17.5. The number of hydrogen-bond acceptors (Lipinski definition) is 3. The summed E-state index contributed by atoms with van der Waals surface area (Å²) in [5.74, 6) is 1.36. The van der Waals surface area contributed by atoms with E-state index in [1.165, 1.54) is 11.1 Å². The van der Waals surface area contributed by atoms with E-state index in [4.69, 9.17) is 9.72 Å². The van der Waals surface area contributed by atoms with Crippen LogP contribution in [-0.2, 0) is 4.74 Å². The van der Waals surface area contributed by atoms with E-state index in [1.807, 2.05) is 17.2 Å². The van der Waals surface area contributed by atoms with Crippen LogP contribution in [0.25, 0.3) is 22.4 Å². The molecule has 5 nitrogen and oxygen atoms in total.